The minimum absolute atomic E-state index is 0.0833. The van der Waals surface area contributed by atoms with Crippen molar-refractivity contribution in [3.8, 4) is 10.4 Å². The molecular formula is C22H28O3S2. The number of benzene rings is 1. The molecule has 0 aliphatic heterocycles. The molecule has 0 saturated heterocycles. The van der Waals surface area contributed by atoms with Crippen molar-refractivity contribution >= 4 is 27.0 Å². The van der Waals surface area contributed by atoms with Crippen molar-refractivity contribution < 1.29 is 13.2 Å². The molecule has 3 rings (SSSR count). The first-order valence-electron chi connectivity index (χ1n) is 9.72. The minimum atomic E-state index is -2.99. The van der Waals surface area contributed by atoms with Crippen molar-refractivity contribution in [2.45, 2.75) is 51.2 Å². The molecule has 146 valence electrons. The number of hydrogen-bond acceptors (Lipinski definition) is 4. The van der Waals surface area contributed by atoms with Crippen LogP contribution in [0.1, 0.15) is 45.1 Å². The monoisotopic (exact) mass is 404 g/mol. The number of sulfone groups is 1. The summed E-state index contributed by atoms with van der Waals surface area (Å²) in [6.45, 7) is 3.49. The molecule has 5 heteroatoms. The zero-order valence-corrected chi connectivity index (χ0v) is 17.7. The predicted molar refractivity (Wildman–Crippen MR) is 113 cm³/mol. The fourth-order valence-corrected chi connectivity index (χ4v) is 5.86. The number of thiophene rings is 1. The Hall–Kier alpha value is -1.46. The van der Waals surface area contributed by atoms with Crippen LogP contribution in [-0.2, 0) is 21.1 Å². The summed E-state index contributed by atoms with van der Waals surface area (Å²) in [5, 5.41) is 1.75. The minimum Gasteiger partial charge on any atom is -0.299 e. The Morgan fingerprint density at radius 2 is 1.74 bits per heavy atom. The molecule has 3 nitrogen and oxygen atoms in total. The van der Waals surface area contributed by atoms with Gasteiger partial charge in [-0.2, -0.15) is 0 Å². The normalized spacial score (nSPS) is 20.7. The summed E-state index contributed by atoms with van der Waals surface area (Å²) in [6, 6.07) is 12.4. The zero-order chi connectivity index (χ0) is 19.4. The van der Waals surface area contributed by atoms with Crippen molar-refractivity contribution in [2.24, 2.45) is 11.8 Å². The maximum absolute atomic E-state index is 12.7. The van der Waals surface area contributed by atoms with E-state index in [4.69, 9.17) is 0 Å². The standard InChI is InChI=1S/C22H28O3S2/c1-16(2)27(24,25)15-18-7-9-19(10-8-18)21(23)14-17-5-11-20(12-6-17)22-4-3-13-26-22/h3-6,11-13,16,18-19H,7-10,14-15H2,1-2H3. The lowest BCUT2D eigenvalue weighted by atomic mass is 9.79. The van der Waals surface area contributed by atoms with Crippen LogP contribution in [-0.4, -0.2) is 25.2 Å². The summed E-state index contributed by atoms with van der Waals surface area (Å²) < 4.78 is 24.2. The highest BCUT2D eigenvalue weighted by molar-refractivity contribution is 7.91. The molecule has 1 fully saturated rings. The molecule has 1 heterocycles. The molecule has 0 bridgehead atoms. The van der Waals surface area contributed by atoms with Crippen LogP contribution in [0.15, 0.2) is 41.8 Å². The average Bonchev–Trinajstić information content (AvgIpc) is 3.17. The molecule has 1 aromatic heterocycles. The van der Waals surface area contributed by atoms with Gasteiger partial charge in [-0.25, -0.2) is 8.42 Å². The van der Waals surface area contributed by atoms with Gasteiger partial charge in [0.05, 0.1) is 11.0 Å². The van der Waals surface area contributed by atoms with E-state index in [2.05, 4.69) is 23.6 Å². The molecule has 0 atom stereocenters. The predicted octanol–water partition coefficient (Wildman–Crippen LogP) is 5.16. The van der Waals surface area contributed by atoms with Gasteiger partial charge in [-0.3, -0.25) is 4.79 Å². The quantitative estimate of drug-likeness (QED) is 0.641. The second-order valence-corrected chi connectivity index (χ2v) is 11.5. The molecule has 1 saturated carbocycles. The maximum atomic E-state index is 12.7. The third-order valence-corrected chi connectivity index (χ3v) is 8.92. The molecule has 0 N–H and O–H groups in total. The molecule has 0 amide bonds. The number of hydrogen-bond donors (Lipinski definition) is 0. The van der Waals surface area contributed by atoms with Crippen LogP contribution in [0.5, 0.6) is 0 Å². The van der Waals surface area contributed by atoms with E-state index in [1.165, 1.54) is 10.4 Å². The van der Waals surface area contributed by atoms with Gasteiger partial charge >= 0.3 is 0 Å². The van der Waals surface area contributed by atoms with Crippen molar-refractivity contribution in [3.05, 3.63) is 47.3 Å². The third-order valence-electron chi connectivity index (χ3n) is 5.63. The first-order valence-corrected chi connectivity index (χ1v) is 12.3. The second-order valence-electron chi connectivity index (χ2n) is 7.91. The Bertz CT molecular complexity index is 841. The molecule has 27 heavy (non-hydrogen) atoms. The van der Waals surface area contributed by atoms with Gasteiger partial charge in [0.15, 0.2) is 9.84 Å². The number of rotatable bonds is 7. The van der Waals surface area contributed by atoms with Gasteiger partial charge in [0.2, 0.25) is 0 Å². The number of carbonyl (C=O) groups is 1. The fraction of sp³-hybridized carbons (Fsp3) is 0.500. The van der Waals surface area contributed by atoms with Crippen molar-refractivity contribution in [3.63, 3.8) is 0 Å². The smallest absolute Gasteiger partial charge is 0.152 e. The van der Waals surface area contributed by atoms with E-state index in [-0.39, 0.29) is 22.8 Å². The highest BCUT2D eigenvalue weighted by atomic mass is 32.2. The number of Topliss-reactive ketones (excluding diaryl/α,β-unsaturated/α-hetero) is 1. The summed E-state index contributed by atoms with van der Waals surface area (Å²) in [5.41, 5.74) is 2.25. The first-order chi connectivity index (χ1) is 12.8. The van der Waals surface area contributed by atoms with Crippen LogP contribution in [0.4, 0.5) is 0 Å². The molecule has 2 aromatic rings. The fourth-order valence-electron chi connectivity index (χ4n) is 3.75. The molecule has 1 aliphatic rings. The topological polar surface area (TPSA) is 51.2 Å². The van der Waals surface area contributed by atoms with E-state index in [9.17, 15) is 13.2 Å². The van der Waals surface area contributed by atoms with E-state index < -0.39 is 9.84 Å². The summed E-state index contributed by atoms with van der Waals surface area (Å²) in [6.07, 6.45) is 3.82. The van der Waals surface area contributed by atoms with Crippen LogP contribution in [0.3, 0.4) is 0 Å². The summed E-state index contributed by atoms with van der Waals surface area (Å²) in [7, 11) is -2.99. The first kappa shape index (κ1) is 20.3. The van der Waals surface area contributed by atoms with Crippen LogP contribution in [0, 0.1) is 11.8 Å². The van der Waals surface area contributed by atoms with Gasteiger partial charge in [0, 0.05) is 17.2 Å². The molecule has 0 spiro atoms. The van der Waals surface area contributed by atoms with Crippen LogP contribution in [0.2, 0.25) is 0 Å². The molecule has 1 aromatic carbocycles. The molecule has 0 radical (unpaired) electrons. The highest BCUT2D eigenvalue weighted by Crippen LogP contribution is 2.32. The van der Waals surface area contributed by atoms with E-state index in [0.717, 1.165) is 31.2 Å². The van der Waals surface area contributed by atoms with E-state index in [1.54, 1.807) is 25.2 Å². The molecule has 1 aliphatic carbocycles. The Kier molecular flexibility index (Phi) is 6.53. The summed E-state index contributed by atoms with van der Waals surface area (Å²) >= 11 is 1.71. The highest BCUT2D eigenvalue weighted by Gasteiger charge is 2.29. The second kappa shape index (κ2) is 8.70. The van der Waals surface area contributed by atoms with Gasteiger partial charge in [-0.05, 0) is 68.0 Å². The zero-order valence-electron chi connectivity index (χ0n) is 16.1. The Balaban J connectivity index is 1.51. The van der Waals surface area contributed by atoms with Gasteiger partial charge in [0.25, 0.3) is 0 Å². The lowest BCUT2D eigenvalue weighted by Gasteiger charge is -2.28. The lowest BCUT2D eigenvalue weighted by molar-refractivity contribution is -0.123. The molecular weight excluding hydrogens is 376 g/mol. The van der Waals surface area contributed by atoms with E-state index >= 15 is 0 Å². The lowest BCUT2D eigenvalue weighted by Crippen LogP contribution is -2.29. The summed E-state index contributed by atoms with van der Waals surface area (Å²) in [5.74, 6) is 0.867. The van der Waals surface area contributed by atoms with Crippen molar-refractivity contribution in [1.29, 1.82) is 0 Å². The maximum Gasteiger partial charge on any atom is 0.152 e. The van der Waals surface area contributed by atoms with Gasteiger partial charge in [-0.15, -0.1) is 11.3 Å². The third kappa shape index (κ3) is 5.29. The van der Waals surface area contributed by atoms with Gasteiger partial charge < -0.3 is 0 Å². The van der Waals surface area contributed by atoms with E-state index in [0.29, 0.717) is 12.2 Å². The van der Waals surface area contributed by atoms with Crippen molar-refractivity contribution in [1.82, 2.24) is 0 Å². The van der Waals surface area contributed by atoms with Gasteiger partial charge in [-0.1, -0.05) is 30.3 Å². The van der Waals surface area contributed by atoms with Crippen LogP contribution >= 0.6 is 11.3 Å². The van der Waals surface area contributed by atoms with Crippen LogP contribution < -0.4 is 0 Å². The number of carbonyl (C=O) groups excluding carboxylic acids is 1. The van der Waals surface area contributed by atoms with Crippen LogP contribution in [0.25, 0.3) is 10.4 Å². The SMILES string of the molecule is CC(C)S(=O)(=O)CC1CCC(C(=O)Cc2ccc(-c3cccs3)cc2)CC1. The Morgan fingerprint density at radius 1 is 1.07 bits per heavy atom. The largest absolute Gasteiger partial charge is 0.299 e. The van der Waals surface area contributed by atoms with Gasteiger partial charge in [0.1, 0.15) is 5.78 Å². The van der Waals surface area contributed by atoms with Crippen molar-refractivity contribution in [2.75, 3.05) is 5.75 Å². The Morgan fingerprint density at radius 3 is 2.30 bits per heavy atom. The summed E-state index contributed by atoms with van der Waals surface area (Å²) in [4.78, 5) is 13.9. The molecule has 0 unspecified atom stereocenters. The van der Waals surface area contributed by atoms with E-state index in [1.807, 2.05) is 18.2 Å². The average molecular weight is 405 g/mol. The Labute approximate surface area is 166 Å². The number of ketones is 1.